The number of hydrogen-bond acceptors (Lipinski definition) is 2. The summed E-state index contributed by atoms with van der Waals surface area (Å²) in [4.78, 5) is 0. The second-order valence-electron chi connectivity index (χ2n) is 2.86. The van der Waals surface area contributed by atoms with E-state index >= 15 is 0 Å². The molecule has 0 N–H and O–H groups in total. The molecule has 0 aliphatic rings. The van der Waals surface area contributed by atoms with E-state index in [4.69, 9.17) is 4.74 Å². The SMILES string of the molecule is COc1c(Br)c(CBr)cc2ccsc12. The van der Waals surface area contributed by atoms with Gasteiger partial charge in [0.1, 0.15) is 0 Å². The molecule has 1 aromatic carbocycles. The zero-order chi connectivity index (χ0) is 10.1. The number of halogens is 2. The van der Waals surface area contributed by atoms with Gasteiger partial charge in [0, 0.05) is 5.33 Å². The predicted octanol–water partition coefficient (Wildman–Crippen LogP) is 4.57. The Morgan fingerprint density at radius 1 is 1.50 bits per heavy atom. The molecule has 0 spiro atoms. The first-order valence-electron chi connectivity index (χ1n) is 4.06. The van der Waals surface area contributed by atoms with Gasteiger partial charge in [-0.1, -0.05) is 15.9 Å². The lowest BCUT2D eigenvalue weighted by atomic mass is 10.2. The lowest BCUT2D eigenvalue weighted by molar-refractivity contribution is 0.417. The fraction of sp³-hybridized carbons (Fsp3) is 0.200. The number of benzene rings is 1. The van der Waals surface area contributed by atoms with Crippen molar-refractivity contribution < 1.29 is 4.74 Å². The standard InChI is InChI=1S/C10H8Br2OS/c1-13-9-8(12)7(5-11)4-6-2-3-14-10(6)9/h2-4H,5H2,1H3. The van der Waals surface area contributed by atoms with Gasteiger partial charge in [0.05, 0.1) is 16.3 Å². The average Bonchev–Trinajstić information content (AvgIpc) is 2.64. The minimum Gasteiger partial charge on any atom is -0.494 e. The van der Waals surface area contributed by atoms with Gasteiger partial charge in [0.2, 0.25) is 0 Å². The van der Waals surface area contributed by atoms with Gasteiger partial charge in [0.25, 0.3) is 0 Å². The first kappa shape index (κ1) is 10.5. The highest BCUT2D eigenvalue weighted by molar-refractivity contribution is 9.11. The van der Waals surface area contributed by atoms with E-state index in [2.05, 4.69) is 49.4 Å². The molecular weight excluding hydrogens is 328 g/mol. The summed E-state index contributed by atoms with van der Waals surface area (Å²) in [5, 5.41) is 4.15. The molecule has 1 heterocycles. The van der Waals surface area contributed by atoms with Gasteiger partial charge in [-0.15, -0.1) is 11.3 Å². The van der Waals surface area contributed by atoms with Crippen molar-refractivity contribution in [1.82, 2.24) is 0 Å². The summed E-state index contributed by atoms with van der Waals surface area (Å²) in [6.45, 7) is 0. The van der Waals surface area contributed by atoms with Gasteiger partial charge in [-0.3, -0.25) is 0 Å². The maximum atomic E-state index is 5.40. The van der Waals surface area contributed by atoms with Crippen LogP contribution in [0.25, 0.3) is 10.1 Å². The number of hydrogen-bond donors (Lipinski definition) is 0. The van der Waals surface area contributed by atoms with Gasteiger partial charge in [-0.05, 0) is 44.4 Å². The Labute approximate surface area is 103 Å². The van der Waals surface area contributed by atoms with Crippen LogP contribution in [0.4, 0.5) is 0 Å². The summed E-state index contributed by atoms with van der Waals surface area (Å²) >= 11 is 8.72. The molecule has 0 unspecified atom stereocenters. The molecule has 0 aliphatic carbocycles. The molecule has 4 heteroatoms. The molecule has 2 aromatic rings. The molecule has 0 radical (unpaired) electrons. The van der Waals surface area contributed by atoms with Crippen LogP contribution in [-0.4, -0.2) is 7.11 Å². The molecule has 0 amide bonds. The number of alkyl halides is 1. The zero-order valence-electron chi connectivity index (χ0n) is 7.51. The zero-order valence-corrected chi connectivity index (χ0v) is 11.5. The fourth-order valence-electron chi connectivity index (χ4n) is 1.39. The van der Waals surface area contributed by atoms with Crippen molar-refractivity contribution >= 4 is 53.3 Å². The molecule has 0 bridgehead atoms. The second-order valence-corrected chi connectivity index (χ2v) is 5.13. The summed E-state index contributed by atoms with van der Waals surface area (Å²) in [6, 6.07) is 4.29. The highest BCUT2D eigenvalue weighted by atomic mass is 79.9. The van der Waals surface area contributed by atoms with Crippen molar-refractivity contribution in [2.45, 2.75) is 5.33 Å². The molecule has 0 atom stereocenters. The second kappa shape index (κ2) is 4.21. The van der Waals surface area contributed by atoms with E-state index in [-0.39, 0.29) is 0 Å². The molecule has 0 fully saturated rings. The van der Waals surface area contributed by atoms with Gasteiger partial charge < -0.3 is 4.74 Å². The van der Waals surface area contributed by atoms with Gasteiger partial charge >= 0.3 is 0 Å². The van der Waals surface area contributed by atoms with Crippen LogP contribution in [0.15, 0.2) is 22.0 Å². The van der Waals surface area contributed by atoms with Crippen LogP contribution >= 0.6 is 43.2 Å². The predicted molar refractivity (Wildman–Crippen MR) is 68.7 cm³/mol. The van der Waals surface area contributed by atoms with Crippen LogP contribution in [0.1, 0.15) is 5.56 Å². The highest BCUT2D eigenvalue weighted by Gasteiger charge is 2.11. The Morgan fingerprint density at radius 2 is 2.29 bits per heavy atom. The van der Waals surface area contributed by atoms with Crippen LogP contribution in [0, 0.1) is 0 Å². The quantitative estimate of drug-likeness (QED) is 0.730. The Kier molecular flexibility index (Phi) is 3.14. The fourth-order valence-corrected chi connectivity index (χ4v) is 3.86. The Balaban J connectivity index is 2.80. The first-order valence-corrected chi connectivity index (χ1v) is 6.86. The minimum absolute atomic E-state index is 0.829. The third kappa shape index (κ3) is 1.59. The highest BCUT2D eigenvalue weighted by Crippen LogP contribution is 2.40. The number of methoxy groups -OCH3 is 1. The minimum atomic E-state index is 0.829. The van der Waals surface area contributed by atoms with Crippen molar-refractivity contribution in [1.29, 1.82) is 0 Å². The maximum Gasteiger partial charge on any atom is 0.151 e. The molecule has 1 aromatic heterocycles. The van der Waals surface area contributed by atoms with E-state index in [1.807, 2.05) is 0 Å². The van der Waals surface area contributed by atoms with Gasteiger partial charge in [-0.2, -0.15) is 0 Å². The maximum absolute atomic E-state index is 5.40. The normalized spacial score (nSPS) is 10.8. The lowest BCUT2D eigenvalue weighted by Gasteiger charge is -2.08. The van der Waals surface area contributed by atoms with Crippen LogP contribution in [-0.2, 0) is 5.33 Å². The number of rotatable bonds is 2. The van der Waals surface area contributed by atoms with Crippen LogP contribution in [0.3, 0.4) is 0 Å². The average molecular weight is 336 g/mol. The Bertz CT molecular complexity index is 464. The number of thiophene rings is 1. The van der Waals surface area contributed by atoms with Crippen molar-refractivity contribution in [2.75, 3.05) is 7.11 Å². The number of fused-ring (bicyclic) bond motifs is 1. The summed E-state index contributed by atoms with van der Waals surface area (Å²) in [7, 11) is 1.71. The molecular formula is C10H8Br2OS. The Morgan fingerprint density at radius 3 is 2.93 bits per heavy atom. The van der Waals surface area contributed by atoms with E-state index in [1.165, 1.54) is 15.6 Å². The van der Waals surface area contributed by atoms with E-state index in [0.717, 1.165) is 15.6 Å². The van der Waals surface area contributed by atoms with E-state index < -0.39 is 0 Å². The third-order valence-corrected chi connectivity index (χ3v) is 4.46. The van der Waals surface area contributed by atoms with Crippen LogP contribution < -0.4 is 4.74 Å². The van der Waals surface area contributed by atoms with E-state index in [0.29, 0.717) is 0 Å². The lowest BCUT2D eigenvalue weighted by Crippen LogP contribution is -1.88. The van der Waals surface area contributed by atoms with Gasteiger partial charge in [-0.25, -0.2) is 0 Å². The smallest absolute Gasteiger partial charge is 0.151 e. The largest absolute Gasteiger partial charge is 0.494 e. The van der Waals surface area contributed by atoms with Gasteiger partial charge in [0.15, 0.2) is 5.75 Å². The van der Waals surface area contributed by atoms with Crippen molar-refractivity contribution in [2.24, 2.45) is 0 Å². The summed E-state index contributed by atoms with van der Waals surface area (Å²) in [5.41, 5.74) is 1.22. The van der Waals surface area contributed by atoms with Crippen LogP contribution in [0.5, 0.6) is 5.75 Å². The molecule has 74 valence electrons. The molecule has 14 heavy (non-hydrogen) atoms. The topological polar surface area (TPSA) is 9.23 Å². The van der Waals surface area contributed by atoms with E-state index in [9.17, 15) is 0 Å². The van der Waals surface area contributed by atoms with Crippen molar-refractivity contribution in [3.8, 4) is 5.75 Å². The van der Waals surface area contributed by atoms with Crippen molar-refractivity contribution in [3.63, 3.8) is 0 Å². The summed E-state index contributed by atoms with van der Waals surface area (Å²) in [6.07, 6.45) is 0. The number of ether oxygens (including phenoxy) is 1. The van der Waals surface area contributed by atoms with Crippen molar-refractivity contribution in [3.05, 3.63) is 27.5 Å². The monoisotopic (exact) mass is 334 g/mol. The summed E-state index contributed by atoms with van der Waals surface area (Å²) < 4.78 is 7.65. The summed E-state index contributed by atoms with van der Waals surface area (Å²) in [5.74, 6) is 0.937. The first-order chi connectivity index (χ1) is 6.77. The van der Waals surface area contributed by atoms with E-state index in [1.54, 1.807) is 18.4 Å². The third-order valence-electron chi connectivity index (χ3n) is 2.06. The molecule has 0 saturated heterocycles. The molecule has 1 nitrogen and oxygen atoms in total. The molecule has 2 rings (SSSR count). The van der Waals surface area contributed by atoms with Crippen LogP contribution in [0.2, 0.25) is 0 Å². The Hall–Kier alpha value is -0.0600. The molecule has 0 aliphatic heterocycles. The molecule has 0 saturated carbocycles.